The average molecular weight is 1570 g/mol. The van der Waals surface area contributed by atoms with Gasteiger partial charge in [0.2, 0.25) is 0 Å². The van der Waals surface area contributed by atoms with Crippen LogP contribution in [0, 0.1) is 41.5 Å². The van der Waals surface area contributed by atoms with Crippen molar-refractivity contribution in [2.24, 2.45) is 0 Å². The minimum Gasteiger partial charge on any atom is -0.625 e. The molecule has 0 atom stereocenters. The summed E-state index contributed by atoms with van der Waals surface area (Å²) in [5, 5.41) is 21.4. The molecule has 0 N–H and O–H groups in total. The highest BCUT2D eigenvalue weighted by Crippen LogP contribution is 2.30. The molecule has 15 heteroatoms. The Bertz CT molecular complexity index is 6210. The lowest BCUT2D eigenvalue weighted by molar-refractivity contribution is 0.468. The van der Waals surface area contributed by atoms with E-state index >= 15 is 0 Å². The zero-order chi connectivity index (χ0) is 77.9. The largest absolute Gasteiger partial charge is 0.763 e. The van der Waals surface area contributed by atoms with Crippen LogP contribution < -0.4 is 58.0 Å². The van der Waals surface area contributed by atoms with Crippen molar-refractivity contribution in [1.82, 2.24) is 15.0 Å². The molecule has 0 aliphatic carbocycles. The minimum atomic E-state index is -3.09. The van der Waals surface area contributed by atoms with E-state index in [2.05, 4.69) is 348 Å². The maximum atomic E-state index is 7.36. The molecule has 3 radical (unpaired) electrons. The lowest BCUT2D eigenvalue weighted by Gasteiger charge is -2.37. The number of fused-ring (bicyclic) bond motifs is 6. The predicted octanol–water partition coefficient (Wildman–Crippen LogP) is 16.8. The van der Waals surface area contributed by atoms with Crippen LogP contribution in [0.1, 0.15) is 33.8 Å². The van der Waals surface area contributed by atoms with Crippen LogP contribution in [-0.4, -0.2) is 87.6 Å². The molecular formula is C99H81Al3N3O6Si3. The monoisotopic (exact) mass is 1570 g/mol. The van der Waals surface area contributed by atoms with Gasteiger partial charge in [0.25, 0.3) is 25.0 Å². The van der Waals surface area contributed by atoms with E-state index in [1.807, 2.05) is 75.4 Å². The Labute approximate surface area is 690 Å². The summed E-state index contributed by atoms with van der Waals surface area (Å²) >= 11 is -2.53. The first-order chi connectivity index (χ1) is 56.0. The van der Waals surface area contributed by atoms with Crippen LogP contribution in [0.15, 0.2) is 382 Å². The highest BCUT2D eigenvalue weighted by molar-refractivity contribution is 7.11. The number of nitrogens with zero attached hydrogens (tertiary/aromatic N) is 3. The summed E-state index contributed by atoms with van der Waals surface area (Å²) in [6.07, 6.45) is 0. The van der Waals surface area contributed by atoms with Crippen LogP contribution in [0.2, 0.25) is 0 Å². The van der Waals surface area contributed by atoms with Gasteiger partial charge in [0.1, 0.15) is 33.8 Å². The van der Waals surface area contributed by atoms with Gasteiger partial charge in [-0.25, -0.2) is 15.0 Å². The van der Waals surface area contributed by atoms with Gasteiger partial charge in [-0.2, -0.15) is 0 Å². The van der Waals surface area contributed by atoms with Crippen molar-refractivity contribution in [3.8, 4) is 17.2 Å². The molecule has 15 aromatic carbocycles. The second kappa shape index (κ2) is 35.1. The van der Waals surface area contributed by atoms with E-state index in [4.69, 9.17) is 36.8 Å². The maximum Gasteiger partial charge on any atom is 0.763 e. The van der Waals surface area contributed by atoms with E-state index in [1.54, 1.807) is 0 Å². The first kappa shape index (κ1) is 76.8. The van der Waals surface area contributed by atoms with Gasteiger partial charge in [0.05, 0.1) is 0 Å². The van der Waals surface area contributed by atoms with Gasteiger partial charge in [-0.1, -0.05) is 346 Å². The molecule has 0 amide bonds. The highest BCUT2D eigenvalue weighted by Gasteiger charge is 2.47. The molecule has 0 fully saturated rings. The van der Waals surface area contributed by atoms with Gasteiger partial charge in [-0.15, -0.1) is 0 Å². The molecule has 0 spiro atoms. The quantitative estimate of drug-likeness (QED) is 0.0515. The molecule has 114 heavy (non-hydrogen) atoms. The molecule has 18 aromatic rings. The van der Waals surface area contributed by atoms with Crippen molar-refractivity contribution in [3.63, 3.8) is 0 Å². The number of hydrogen-bond acceptors (Lipinski definition) is 9. The van der Waals surface area contributed by atoms with E-state index in [-0.39, 0.29) is 0 Å². The molecule has 0 saturated heterocycles. The molecule has 0 unspecified atom stereocenters. The second-order valence-corrected chi connectivity index (χ2v) is 41.7. The van der Waals surface area contributed by atoms with Gasteiger partial charge in [-0.05, 0) is 174 Å². The number of para-hydroxylation sites is 3. The van der Waals surface area contributed by atoms with E-state index in [0.717, 1.165) is 67.0 Å². The summed E-state index contributed by atoms with van der Waals surface area (Å²) in [4.78, 5) is 14.3. The predicted molar refractivity (Wildman–Crippen MR) is 481 cm³/mol. The number of pyridine rings is 3. The van der Waals surface area contributed by atoms with Crippen LogP contribution in [0.25, 0.3) is 65.0 Å². The average Bonchev–Trinajstić information content (AvgIpc) is 0.735. The molecule has 3 heterocycles. The number of benzene rings is 15. The molecule has 0 saturated carbocycles. The van der Waals surface area contributed by atoms with Crippen LogP contribution in [0.5, 0.6) is 17.2 Å². The third-order valence-corrected chi connectivity index (χ3v) is 38.6. The summed E-state index contributed by atoms with van der Waals surface area (Å²) in [6, 6.07) is 134. The molecule has 9 nitrogen and oxygen atoms in total. The normalized spacial score (nSPS) is 11.5. The van der Waals surface area contributed by atoms with Gasteiger partial charge in [0, 0.05) is 33.2 Å². The summed E-state index contributed by atoms with van der Waals surface area (Å²) in [6.45, 7) is 12.6. The number of rotatable bonds is 21. The number of aryl methyl sites for hydroxylation is 6. The minimum absolute atomic E-state index is 0.757. The second-order valence-electron chi connectivity index (χ2n) is 28.5. The van der Waals surface area contributed by atoms with Crippen molar-refractivity contribution in [2.45, 2.75) is 41.5 Å². The molecule has 0 bridgehead atoms. The lowest BCUT2D eigenvalue weighted by Crippen LogP contribution is -2.71. The third-order valence-electron chi connectivity index (χ3n) is 21.3. The van der Waals surface area contributed by atoms with Crippen LogP contribution in [0.3, 0.4) is 0 Å². The van der Waals surface area contributed by atoms with Crippen molar-refractivity contribution in [2.75, 3.05) is 0 Å². The fourth-order valence-electron chi connectivity index (χ4n) is 15.8. The third kappa shape index (κ3) is 15.8. The summed E-state index contributed by atoms with van der Waals surface area (Å²) < 4.78 is 41.1. The molecule has 18 rings (SSSR count). The van der Waals surface area contributed by atoms with Crippen molar-refractivity contribution < 1.29 is 21.8 Å². The Morgan fingerprint density at radius 2 is 0.500 bits per heavy atom. The highest BCUT2D eigenvalue weighted by atomic mass is 28.4. The molecule has 3 aromatic heterocycles. The van der Waals surface area contributed by atoms with Gasteiger partial charge < -0.3 is 21.8 Å². The summed E-state index contributed by atoms with van der Waals surface area (Å²) in [5.41, 5.74) is 9.22. The van der Waals surface area contributed by atoms with Crippen LogP contribution in [-0.2, 0) is 10.4 Å². The lowest BCUT2D eigenvalue weighted by atomic mass is 10.1. The SMILES string of the molecule is Cc1ccc2cccc([O][Al][O][Si](c3ccccc3)(c3cccc4ccccc34)c3cccc4ccccc34)c2n1.Cc1ccc2cccc([O][Al][O][Si](c3ccccc3)(c3ccccc3)c3ccc4ccccc4c3)c2n1.Cc1ccc2cccc([O][Al][O][Si](c3ccccc3C)(c3ccccc3C)c3ccccc3C)c2n1. The molecule has 0 aliphatic rings. The number of aromatic nitrogens is 3. The zero-order valence-corrected chi connectivity index (χ0v) is 70.9. The smallest absolute Gasteiger partial charge is 0.625 e. The Balaban J connectivity index is 0.000000129. The van der Waals surface area contributed by atoms with E-state index in [9.17, 15) is 0 Å². The Hall–Kier alpha value is -11.2. The first-order valence-corrected chi connectivity index (χ1v) is 46.9. The first-order valence-electron chi connectivity index (χ1n) is 38.4. The molecular weight excluding hydrogens is 1490 g/mol. The van der Waals surface area contributed by atoms with E-state index in [0.29, 0.717) is 0 Å². The topological polar surface area (TPSA) is 94.1 Å². The van der Waals surface area contributed by atoms with Crippen LogP contribution in [0.4, 0.5) is 0 Å². The standard InChI is InChI=1S/C26H19OSi.C22H17OSi.C21H21OSi.3C10H9NO.3Al/c27-28(22-14-2-1-3-15-22,25-18-8-12-20-10-4-6-16-23(20)25)26-19-9-13-21-11-5-7-17-24(21)26;23-24(20-11-3-1-4-12-20,21-13-5-2-6-14-21)22-16-15-18-9-7-8-10-19(18)17-22;1-16-10-4-7-13-19(16)23(22,20-14-8-5-11-17(20)2)21-15-9-6-12-18(21)3;3*1-7-5-6-8-3-2-4-9(12)10(8)11-7;;;/h1-19H;1-17H;4-15H,1-3H3;3*2-6,12H,1H3;;;/q3*-1;;;;3*+2/p-3. The summed E-state index contributed by atoms with van der Waals surface area (Å²) in [5.74, 6) is 2.29. The van der Waals surface area contributed by atoms with Crippen molar-refractivity contribution in [3.05, 3.63) is 416 Å². The Kier molecular flexibility index (Phi) is 23.6. The van der Waals surface area contributed by atoms with Crippen molar-refractivity contribution in [1.29, 1.82) is 0 Å². The molecule has 0 aliphatic heterocycles. The van der Waals surface area contributed by atoms with Crippen molar-refractivity contribution >= 4 is 184 Å². The number of hydrogen-bond donors (Lipinski definition) is 0. The Morgan fingerprint density at radius 1 is 0.211 bits per heavy atom. The van der Waals surface area contributed by atoms with E-state index < -0.39 is 72.6 Å². The fourth-order valence-corrected chi connectivity index (χ4v) is 33.9. The summed E-state index contributed by atoms with van der Waals surface area (Å²) in [7, 11) is -8.87. The van der Waals surface area contributed by atoms with Gasteiger partial charge >= 0.3 is 47.7 Å². The Morgan fingerprint density at radius 3 is 0.904 bits per heavy atom. The fraction of sp³-hybridized carbons (Fsp3) is 0.0606. The van der Waals surface area contributed by atoms with E-state index in [1.165, 1.54) is 95.7 Å². The zero-order valence-electron chi connectivity index (χ0n) is 64.4. The van der Waals surface area contributed by atoms with Crippen LogP contribution >= 0.6 is 0 Å². The molecule has 549 valence electrons. The van der Waals surface area contributed by atoms with Gasteiger partial charge in [-0.3, -0.25) is 0 Å². The maximum absolute atomic E-state index is 7.36. The van der Waals surface area contributed by atoms with Gasteiger partial charge in [0.15, 0.2) is 0 Å².